The van der Waals surface area contributed by atoms with Gasteiger partial charge in [0, 0.05) is 31.0 Å². The Hall–Kier alpha value is -0.850. The lowest BCUT2D eigenvalue weighted by Crippen LogP contribution is -2.47. The molecule has 1 aromatic heterocycles. The Kier molecular flexibility index (Phi) is 2.59. The van der Waals surface area contributed by atoms with E-state index in [-0.39, 0.29) is 5.54 Å². The molecular formula is C12H19N3O2S. The molecule has 6 heteroatoms. The van der Waals surface area contributed by atoms with Gasteiger partial charge in [0.05, 0.1) is 4.90 Å². The van der Waals surface area contributed by atoms with Gasteiger partial charge in [-0.25, -0.2) is 8.42 Å². The van der Waals surface area contributed by atoms with Crippen molar-refractivity contribution in [1.82, 2.24) is 14.6 Å². The van der Waals surface area contributed by atoms with Crippen LogP contribution in [0.4, 0.5) is 0 Å². The molecule has 100 valence electrons. The maximum atomic E-state index is 12.6. The van der Waals surface area contributed by atoms with E-state index in [1.54, 1.807) is 22.8 Å². The number of hydrogen-bond acceptors (Lipinski definition) is 3. The van der Waals surface area contributed by atoms with Crippen molar-refractivity contribution in [2.75, 3.05) is 19.6 Å². The minimum atomic E-state index is -3.37. The number of aromatic nitrogens is 1. The number of aromatic amines is 1. The van der Waals surface area contributed by atoms with E-state index in [2.05, 4.69) is 10.3 Å². The number of nitrogens with one attached hydrogen (secondary N) is 2. The molecule has 0 aromatic carbocycles. The van der Waals surface area contributed by atoms with Crippen molar-refractivity contribution in [2.24, 2.45) is 11.8 Å². The third kappa shape index (κ3) is 1.56. The summed E-state index contributed by atoms with van der Waals surface area (Å²) in [5.74, 6) is 0.847. The van der Waals surface area contributed by atoms with Crippen molar-refractivity contribution >= 4 is 10.0 Å². The lowest BCUT2D eigenvalue weighted by Gasteiger charge is -2.34. The maximum Gasteiger partial charge on any atom is 0.245 e. The zero-order valence-corrected chi connectivity index (χ0v) is 11.5. The summed E-state index contributed by atoms with van der Waals surface area (Å²) in [7, 11) is -3.37. The van der Waals surface area contributed by atoms with E-state index >= 15 is 0 Å². The first-order chi connectivity index (χ1) is 8.44. The van der Waals surface area contributed by atoms with Crippen LogP contribution in [-0.4, -0.2) is 42.9 Å². The van der Waals surface area contributed by atoms with E-state index in [0.717, 1.165) is 13.1 Å². The third-order valence-electron chi connectivity index (χ3n) is 4.45. The minimum Gasteiger partial charge on any atom is -0.366 e. The highest BCUT2D eigenvalue weighted by Crippen LogP contribution is 2.43. The van der Waals surface area contributed by atoms with Gasteiger partial charge in [-0.05, 0) is 38.3 Å². The van der Waals surface area contributed by atoms with Gasteiger partial charge < -0.3 is 10.3 Å². The highest BCUT2D eigenvalue weighted by atomic mass is 32.2. The Labute approximate surface area is 108 Å². The van der Waals surface area contributed by atoms with Crippen molar-refractivity contribution in [2.45, 2.75) is 24.3 Å². The van der Waals surface area contributed by atoms with Gasteiger partial charge in [0.15, 0.2) is 0 Å². The molecule has 2 aliphatic heterocycles. The summed E-state index contributed by atoms with van der Waals surface area (Å²) in [5, 5.41) is 3.36. The maximum absolute atomic E-state index is 12.6. The average Bonchev–Trinajstić information content (AvgIpc) is 2.97. The normalized spacial score (nSPS) is 31.7. The molecule has 18 heavy (non-hydrogen) atoms. The molecule has 5 nitrogen and oxygen atoms in total. The monoisotopic (exact) mass is 269 g/mol. The van der Waals surface area contributed by atoms with Crippen LogP contribution in [0.5, 0.6) is 0 Å². The molecule has 0 aliphatic carbocycles. The zero-order chi connectivity index (χ0) is 13.0. The Morgan fingerprint density at radius 2 is 2.17 bits per heavy atom. The summed E-state index contributed by atoms with van der Waals surface area (Å²) < 4.78 is 26.9. The van der Waals surface area contributed by atoms with Gasteiger partial charge >= 0.3 is 0 Å². The Morgan fingerprint density at radius 3 is 2.78 bits per heavy atom. The van der Waals surface area contributed by atoms with Gasteiger partial charge in [-0.2, -0.15) is 4.31 Å². The molecule has 0 saturated carbocycles. The quantitative estimate of drug-likeness (QED) is 0.828. The van der Waals surface area contributed by atoms with Crippen LogP contribution in [0.3, 0.4) is 0 Å². The van der Waals surface area contributed by atoms with Crippen LogP contribution >= 0.6 is 0 Å². The predicted octanol–water partition coefficient (Wildman–Crippen LogP) is 0.633. The van der Waals surface area contributed by atoms with Gasteiger partial charge in [0.2, 0.25) is 10.0 Å². The van der Waals surface area contributed by atoms with Crippen LogP contribution in [0.2, 0.25) is 0 Å². The van der Waals surface area contributed by atoms with Crippen LogP contribution in [0, 0.1) is 11.8 Å². The highest BCUT2D eigenvalue weighted by Gasteiger charge is 2.54. The second-order valence-electron chi connectivity index (χ2n) is 5.76. The summed E-state index contributed by atoms with van der Waals surface area (Å²) in [6, 6.07) is 1.62. The molecule has 2 aliphatic rings. The Balaban J connectivity index is 1.99. The van der Waals surface area contributed by atoms with Crippen LogP contribution < -0.4 is 5.32 Å². The molecule has 2 saturated heterocycles. The molecule has 2 N–H and O–H groups in total. The summed E-state index contributed by atoms with van der Waals surface area (Å²) >= 11 is 0. The SMILES string of the molecule is CC1(C)C2CNCC2CN1S(=O)(=O)c1cc[nH]c1. The average molecular weight is 269 g/mol. The topological polar surface area (TPSA) is 65.2 Å². The second kappa shape index (κ2) is 3.82. The highest BCUT2D eigenvalue weighted by molar-refractivity contribution is 7.89. The van der Waals surface area contributed by atoms with Crippen molar-refractivity contribution in [3.63, 3.8) is 0 Å². The standard InChI is InChI=1S/C12H19N3O2S/c1-12(2)11-7-14-5-9(11)8-15(12)18(16,17)10-3-4-13-6-10/h3-4,6,9,11,13-14H,5,7-8H2,1-2H3. The van der Waals surface area contributed by atoms with Crippen molar-refractivity contribution < 1.29 is 8.42 Å². The van der Waals surface area contributed by atoms with Crippen molar-refractivity contribution in [3.8, 4) is 0 Å². The van der Waals surface area contributed by atoms with Crippen molar-refractivity contribution in [3.05, 3.63) is 18.5 Å². The first kappa shape index (κ1) is 12.2. The number of H-pyrrole nitrogens is 1. The first-order valence-electron chi connectivity index (χ1n) is 6.30. The number of nitrogens with zero attached hydrogens (tertiary/aromatic N) is 1. The zero-order valence-electron chi connectivity index (χ0n) is 10.7. The van der Waals surface area contributed by atoms with Crippen molar-refractivity contribution in [1.29, 1.82) is 0 Å². The molecular weight excluding hydrogens is 250 g/mol. The number of fused-ring (bicyclic) bond motifs is 1. The molecule has 2 unspecified atom stereocenters. The Bertz CT molecular complexity index is 536. The lowest BCUT2D eigenvalue weighted by atomic mass is 9.85. The molecule has 1 aromatic rings. The fraction of sp³-hybridized carbons (Fsp3) is 0.667. The summed E-state index contributed by atoms with van der Waals surface area (Å²) in [6.45, 7) is 6.53. The smallest absolute Gasteiger partial charge is 0.245 e. The summed E-state index contributed by atoms with van der Waals surface area (Å²) in [4.78, 5) is 3.18. The molecule has 0 amide bonds. The molecule has 2 atom stereocenters. The van der Waals surface area contributed by atoms with Crippen LogP contribution in [0.1, 0.15) is 13.8 Å². The lowest BCUT2D eigenvalue weighted by molar-refractivity contribution is 0.233. The fourth-order valence-corrected chi connectivity index (χ4v) is 5.24. The first-order valence-corrected chi connectivity index (χ1v) is 7.74. The van der Waals surface area contributed by atoms with Gasteiger partial charge in [-0.3, -0.25) is 0 Å². The summed E-state index contributed by atoms with van der Waals surface area (Å²) in [5.41, 5.74) is -0.315. The van der Waals surface area contributed by atoms with Gasteiger partial charge in [-0.15, -0.1) is 0 Å². The Morgan fingerprint density at radius 1 is 1.39 bits per heavy atom. The largest absolute Gasteiger partial charge is 0.366 e. The number of hydrogen-bond donors (Lipinski definition) is 2. The van der Waals surface area contributed by atoms with Gasteiger partial charge in [-0.1, -0.05) is 0 Å². The van der Waals surface area contributed by atoms with Gasteiger partial charge in [0.1, 0.15) is 0 Å². The van der Waals surface area contributed by atoms with E-state index in [1.165, 1.54) is 0 Å². The van der Waals surface area contributed by atoms with E-state index in [1.807, 2.05) is 13.8 Å². The molecule has 2 fully saturated rings. The molecule has 3 heterocycles. The molecule has 0 spiro atoms. The van der Waals surface area contributed by atoms with Crippen LogP contribution in [-0.2, 0) is 10.0 Å². The van der Waals surface area contributed by atoms with E-state index in [0.29, 0.717) is 23.3 Å². The number of sulfonamides is 1. The van der Waals surface area contributed by atoms with E-state index in [4.69, 9.17) is 0 Å². The van der Waals surface area contributed by atoms with Crippen LogP contribution in [0.25, 0.3) is 0 Å². The third-order valence-corrected chi connectivity index (χ3v) is 6.50. The van der Waals surface area contributed by atoms with Gasteiger partial charge in [0.25, 0.3) is 0 Å². The predicted molar refractivity (Wildman–Crippen MR) is 68.6 cm³/mol. The number of rotatable bonds is 2. The van der Waals surface area contributed by atoms with Crippen LogP contribution in [0.15, 0.2) is 23.4 Å². The molecule has 0 bridgehead atoms. The second-order valence-corrected chi connectivity index (χ2v) is 7.62. The molecule has 0 radical (unpaired) electrons. The summed E-state index contributed by atoms with van der Waals surface area (Å²) in [6.07, 6.45) is 3.20. The minimum absolute atomic E-state index is 0.315. The fourth-order valence-electron chi connectivity index (χ4n) is 3.39. The molecule has 3 rings (SSSR count). The van der Waals surface area contributed by atoms with E-state index in [9.17, 15) is 8.42 Å². The van der Waals surface area contributed by atoms with E-state index < -0.39 is 10.0 Å².